The van der Waals surface area contributed by atoms with Crippen LogP contribution in [-0.2, 0) is 4.79 Å². The van der Waals surface area contributed by atoms with Crippen LogP contribution in [0.5, 0.6) is 5.75 Å². The van der Waals surface area contributed by atoms with Crippen LogP contribution in [0.4, 0.5) is 5.69 Å². The summed E-state index contributed by atoms with van der Waals surface area (Å²) in [5.41, 5.74) is 1.76. The van der Waals surface area contributed by atoms with Gasteiger partial charge in [-0.3, -0.25) is 4.79 Å². The second-order valence-electron chi connectivity index (χ2n) is 5.11. The van der Waals surface area contributed by atoms with Crippen LogP contribution in [0.3, 0.4) is 0 Å². The fraction of sp³-hybridized carbons (Fsp3) is 0.111. The zero-order valence-corrected chi connectivity index (χ0v) is 12.8. The van der Waals surface area contributed by atoms with Crippen molar-refractivity contribution in [2.45, 2.75) is 6.92 Å². The van der Waals surface area contributed by atoms with Gasteiger partial charge < -0.3 is 14.5 Å². The number of hydrogen-bond acceptors (Lipinski definition) is 4. The molecule has 0 unspecified atom stereocenters. The van der Waals surface area contributed by atoms with Crippen LogP contribution < -0.4 is 15.7 Å². The maximum Gasteiger partial charge on any atom is 0.344 e. The fourth-order valence-electron chi connectivity index (χ4n) is 2.38. The van der Waals surface area contributed by atoms with Crippen molar-refractivity contribution in [2.75, 3.05) is 12.4 Å². The summed E-state index contributed by atoms with van der Waals surface area (Å²) in [4.78, 5) is 23.4. The second kappa shape index (κ2) is 5.96. The van der Waals surface area contributed by atoms with E-state index in [9.17, 15) is 9.59 Å². The number of benzene rings is 2. The molecule has 3 rings (SSSR count). The molecule has 0 radical (unpaired) electrons. The van der Waals surface area contributed by atoms with Crippen LogP contribution in [0.15, 0.2) is 57.7 Å². The maximum atomic E-state index is 12.3. The van der Waals surface area contributed by atoms with Gasteiger partial charge in [-0.1, -0.05) is 12.1 Å². The molecule has 0 aliphatic carbocycles. The number of rotatable bonds is 3. The summed E-state index contributed by atoms with van der Waals surface area (Å²) in [5.74, 6) is 0.489. The Bertz CT molecular complexity index is 943. The quantitative estimate of drug-likeness (QED) is 0.753. The Kier molecular flexibility index (Phi) is 3.85. The van der Waals surface area contributed by atoms with E-state index in [1.807, 2.05) is 18.2 Å². The lowest BCUT2D eigenvalue weighted by molar-refractivity contribution is -0.114. The minimum Gasteiger partial charge on any atom is -0.497 e. The van der Waals surface area contributed by atoms with Gasteiger partial charge in [0.05, 0.1) is 12.7 Å². The molecule has 1 amide bonds. The molecule has 0 aliphatic heterocycles. The fourth-order valence-corrected chi connectivity index (χ4v) is 2.38. The molecule has 0 fully saturated rings. The van der Waals surface area contributed by atoms with Gasteiger partial charge in [-0.25, -0.2) is 4.79 Å². The van der Waals surface area contributed by atoms with E-state index in [0.717, 1.165) is 10.9 Å². The van der Waals surface area contributed by atoms with Crippen LogP contribution in [0.2, 0.25) is 0 Å². The van der Waals surface area contributed by atoms with Gasteiger partial charge in [-0.15, -0.1) is 0 Å². The van der Waals surface area contributed by atoms with Gasteiger partial charge >= 0.3 is 5.63 Å². The van der Waals surface area contributed by atoms with E-state index in [-0.39, 0.29) is 5.91 Å². The van der Waals surface area contributed by atoms with Crippen molar-refractivity contribution in [2.24, 2.45) is 0 Å². The summed E-state index contributed by atoms with van der Waals surface area (Å²) < 4.78 is 10.6. The van der Waals surface area contributed by atoms with Crippen LogP contribution >= 0.6 is 0 Å². The molecule has 0 spiro atoms. The summed E-state index contributed by atoms with van der Waals surface area (Å²) in [5, 5.41) is 3.43. The number of anilines is 1. The number of nitrogens with one attached hydrogen (secondary N) is 1. The molecular weight excluding hydrogens is 294 g/mol. The molecule has 1 heterocycles. The van der Waals surface area contributed by atoms with E-state index in [1.54, 1.807) is 37.4 Å². The molecule has 0 aliphatic rings. The minimum atomic E-state index is -0.439. The highest BCUT2D eigenvalue weighted by Gasteiger charge is 2.09. The van der Waals surface area contributed by atoms with Gasteiger partial charge in [0.15, 0.2) is 0 Å². The van der Waals surface area contributed by atoms with Crippen LogP contribution in [0.1, 0.15) is 6.92 Å². The molecule has 0 atom stereocenters. The van der Waals surface area contributed by atoms with Gasteiger partial charge in [0, 0.05) is 24.1 Å². The zero-order valence-electron chi connectivity index (χ0n) is 12.8. The highest BCUT2D eigenvalue weighted by Crippen LogP contribution is 2.25. The molecule has 5 heteroatoms. The van der Waals surface area contributed by atoms with Crippen LogP contribution in [0, 0.1) is 0 Å². The molecule has 0 saturated carbocycles. The number of carbonyl (C=O) groups excluding carboxylic acids is 1. The third-order valence-corrected chi connectivity index (χ3v) is 3.44. The Morgan fingerprint density at radius 1 is 1.13 bits per heavy atom. The van der Waals surface area contributed by atoms with Gasteiger partial charge in [0.1, 0.15) is 11.3 Å². The second-order valence-corrected chi connectivity index (χ2v) is 5.11. The number of fused-ring (bicyclic) bond motifs is 1. The predicted molar refractivity (Wildman–Crippen MR) is 88.8 cm³/mol. The lowest BCUT2D eigenvalue weighted by Crippen LogP contribution is -2.06. The smallest absolute Gasteiger partial charge is 0.344 e. The molecule has 3 aromatic rings. The number of carbonyl (C=O) groups is 1. The molecule has 5 nitrogen and oxygen atoms in total. The van der Waals surface area contributed by atoms with E-state index >= 15 is 0 Å². The maximum absolute atomic E-state index is 12.3. The Balaban J connectivity index is 2.11. The summed E-state index contributed by atoms with van der Waals surface area (Å²) >= 11 is 0. The Labute approximate surface area is 132 Å². The first kappa shape index (κ1) is 14.8. The lowest BCUT2D eigenvalue weighted by Gasteiger charge is -2.06. The first-order chi connectivity index (χ1) is 11.1. The molecule has 116 valence electrons. The number of hydrogen-bond donors (Lipinski definition) is 1. The molecule has 23 heavy (non-hydrogen) atoms. The monoisotopic (exact) mass is 309 g/mol. The average Bonchev–Trinajstić information content (AvgIpc) is 2.53. The van der Waals surface area contributed by atoms with Crippen molar-refractivity contribution in [3.8, 4) is 16.9 Å². The number of amides is 1. The Hall–Kier alpha value is -3.08. The standard InChI is InChI=1S/C18H15NO4/c1-11(20)19-14-7-6-13-9-16(18(21)23-17(13)10-14)12-4-3-5-15(8-12)22-2/h3-10H,1-2H3,(H,19,20). The molecule has 1 N–H and O–H groups in total. The summed E-state index contributed by atoms with van der Waals surface area (Å²) in [7, 11) is 1.57. The van der Waals surface area contributed by atoms with E-state index < -0.39 is 5.63 Å². The first-order valence-corrected chi connectivity index (χ1v) is 7.07. The molecule has 2 aromatic carbocycles. The van der Waals surface area contributed by atoms with Crippen molar-refractivity contribution in [3.05, 3.63) is 59.0 Å². The van der Waals surface area contributed by atoms with Crippen LogP contribution in [-0.4, -0.2) is 13.0 Å². The van der Waals surface area contributed by atoms with Crippen molar-refractivity contribution >= 4 is 22.6 Å². The Morgan fingerprint density at radius 2 is 1.96 bits per heavy atom. The number of methoxy groups -OCH3 is 1. The largest absolute Gasteiger partial charge is 0.497 e. The molecule has 1 aromatic heterocycles. The summed E-state index contributed by atoms with van der Waals surface area (Å²) in [6.07, 6.45) is 0. The third-order valence-electron chi connectivity index (χ3n) is 3.44. The minimum absolute atomic E-state index is 0.181. The van der Waals surface area contributed by atoms with E-state index in [0.29, 0.717) is 22.6 Å². The third kappa shape index (κ3) is 3.08. The predicted octanol–water partition coefficient (Wildman–Crippen LogP) is 3.43. The van der Waals surface area contributed by atoms with Crippen LogP contribution in [0.25, 0.3) is 22.1 Å². The lowest BCUT2D eigenvalue weighted by atomic mass is 10.1. The normalized spacial score (nSPS) is 10.5. The van der Waals surface area contributed by atoms with Crippen molar-refractivity contribution in [1.29, 1.82) is 0 Å². The van der Waals surface area contributed by atoms with Crippen molar-refractivity contribution in [1.82, 2.24) is 0 Å². The molecule has 0 bridgehead atoms. The first-order valence-electron chi connectivity index (χ1n) is 7.07. The summed E-state index contributed by atoms with van der Waals surface area (Å²) in [6.45, 7) is 1.42. The van der Waals surface area contributed by atoms with Gasteiger partial charge in [0.2, 0.25) is 5.91 Å². The van der Waals surface area contributed by atoms with E-state index in [4.69, 9.17) is 9.15 Å². The van der Waals surface area contributed by atoms with Crippen molar-refractivity contribution < 1.29 is 13.9 Å². The SMILES string of the molecule is COc1cccc(-c2cc3ccc(NC(C)=O)cc3oc2=O)c1. The highest BCUT2D eigenvalue weighted by molar-refractivity contribution is 5.92. The van der Waals surface area contributed by atoms with Gasteiger partial charge in [-0.2, -0.15) is 0 Å². The highest BCUT2D eigenvalue weighted by atomic mass is 16.5. The van der Waals surface area contributed by atoms with Gasteiger partial charge in [-0.05, 0) is 35.9 Å². The van der Waals surface area contributed by atoms with E-state index in [1.165, 1.54) is 6.92 Å². The topological polar surface area (TPSA) is 68.5 Å². The van der Waals surface area contributed by atoms with Crippen molar-refractivity contribution in [3.63, 3.8) is 0 Å². The number of ether oxygens (including phenoxy) is 1. The van der Waals surface area contributed by atoms with Gasteiger partial charge in [0.25, 0.3) is 0 Å². The Morgan fingerprint density at radius 3 is 2.70 bits per heavy atom. The zero-order chi connectivity index (χ0) is 16.4. The molecular formula is C18H15NO4. The molecule has 0 saturated heterocycles. The average molecular weight is 309 g/mol. The van der Waals surface area contributed by atoms with E-state index in [2.05, 4.69) is 5.32 Å². The summed E-state index contributed by atoms with van der Waals surface area (Å²) in [6, 6.07) is 14.2.